The number of amides is 2. The van der Waals surface area contributed by atoms with Gasteiger partial charge in [0.1, 0.15) is 18.6 Å². The summed E-state index contributed by atoms with van der Waals surface area (Å²) in [5, 5.41) is 2.81. The predicted octanol–water partition coefficient (Wildman–Crippen LogP) is 2.18. The zero-order valence-corrected chi connectivity index (χ0v) is 11.1. The molecule has 0 fully saturated rings. The van der Waals surface area contributed by atoms with E-state index in [2.05, 4.69) is 5.32 Å². The molecule has 5 nitrogen and oxygen atoms in total. The highest BCUT2D eigenvalue weighted by Crippen LogP contribution is 2.21. The largest absolute Gasteiger partial charge is 0.469 e. The van der Waals surface area contributed by atoms with Crippen LogP contribution in [0.5, 0.6) is 0 Å². The van der Waals surface area contributed by atoms with Gasteiger partial charge in [0, 0.05) is 12.2 Å². The fourth-order valence-electron chi connectivity index (χ4n) is 2.29. The van der Waals surface area contributed by atoms with Crippen molar-refractivity contribution in [2.75, 3.05) is 11.9 Å². The average molecular weight is 270 g/mol. The van der Waals surface area contributed by atoms with Crippen LogP contribution in [0.1, 0.15) is 21.7 Å². The molecule has 1 aliphatic rings. The zero-order valence-electron chi connectivity index (χ0n) is 11.1. The molecule has 0 unspecified atom stereocenters. The molecule has 0 saturated heterocycles. The summed E-state index contributed by atoms with van der Waals surface area (Å²) in [5.41, 5.74) is 2.15. The minimum absolute atomic E-state index is 0.0394. The van der Waals surface area contributed by atoms with E-state index < -0.39 is 0 Å². The molecule has 2 aromatic rings. The highest BCUT2D eigenvalue weighted by atomic mass is 16.3. The molecule has 0 aliphatic carbocycles. The van der Waals surface area contributed by atoms with E-state index in [4.69, 9.17) is 4.42 Å². The number of rotatable bonds is 1. The Balaban J connectivity index is 1.91. The predicted molar refractivity (Wildman–Crippen MR) is 73.3 cm³/mol. The summed E-state index contributed by atoms with van der Waals surface area (Å²) in [6.07, 6.45) is 1.42. The normalized spacial score (nSPS) is 14.4. The number of carbonyl (C=O) groups is 2. The van der Waals surface area contributed by atoms with E-state index in [0.29, 0.717) is 17.9 Å². The van der Waals surface area contributed by atoms with Gasteiger partial charge in [0.15, 0.2) is 0 Å². The molecule has 0 radical (unpaired) electrons. The summed E-state index contributed by atoms with van der Waals surface area (Å²) in [5.74, 6) is 0.283. The summed E-state index contributed by atoms with van der Waals surface area (Å²) in [6.45, 7) is 2.22. The molecule has 2 amide bonds. The highest BCUT2D eigenvalue weighted by molar-refractivity contribution is 6.00. The third kappa shape index (κ3) is 2.30. The molecular weight excluding hydrogens is 256 g/mol. The molecule has 5 heteroatoms. The van der Waals surface area contributed by atoms with Gasteiger partial charge in [-0.05, 0) is 24.6 Å². The van der Waals surface area contributed by atoms with Crippen LogP contribution < -0.4 is 5.32 Å². The van der Waals surface area contributed by atoms with Gasteiger partial charge in [-0.1, -0.05) is 18.2 Å². The lowest BCUT2D eigenvalue weighted by molar-refractivity contribution is -0.116. The Kier molecular flexibility index (Phi) is 3.02. The third-order valence-corrected chi connectivity index (χ3v) is 3.25. The fraction of sp³-hybridized carbons (Fsp3) is 0.200. The highest BCUT2D eigenvalue weighted by Gasteiger charge is 2.24. The molecule has 0 bridgehead atoms. The van der Waals surface area contributed by atoms with Crippen LogP contribution in [-0.4, -0.2) is 23.3 Å². The van der Waals surface area contributed by atoms with Crippen molar-refractivity contribution in [2.45, 2.75) is 13.5 Å². The maximum atomic E-state index is 12.4. The van der Waals surface area contributed by atoms with Crippen LogP contribution in [0.25, 0.3) is 0 Å². The van der Waals surface area contributed by atoms with Gasteiger partial charge in [-0.25, -0.2) is 0 Å². The Labute approximate surface area is 116 Å². The topological polar surface area (TPSA) is 62.6 Å². The van der Waals surface area contributed by atoms with E-state index >= 15 is 0 Å². The Morgan fingerprint density at radius 1 is 1.30 bits per heavy atom. The second-order valence-corrected chi connectivity index (χ2v) is 4.81. The minimum atomic E-state index is -0.200. The van der Waals surface area contributed by atoms with Gasteiger partial charge in [0.25, 0.3) is 5.91 Å². The SMILES string of the molecule is Cc1cc(C(=O)N2CC(=O)Nc3ccccc3C2)co1. The number of para-hydroxylation sites is 1. The molecule has 2 heterocycles. The molecule has 0 saturated carbocycles. The van der Waals surface area contributed by atoms with Crippen molar-refractivity contribution in [1.82, 2.24) is 4.90 Å². The van der Waals surface area contributed by atoms with Crippen LogP contribution in [-0.2, 0) is 11.3 Å². The van der Waals surface area contributed by atoms with Crippen molar-refractivity contribution < 1.29 is 14.0 Å². The molecule has 1 aromatic carbocycles. The van der Waals surface area contributed by atoms with E-state index in [9.17, 15) is 9.59 Å². The third-order valence-electron chi connectivity index (χ3n) is 3.25. The summed E-state index contributed by atoms with van der Waals surface area (Å²) in [4.78, 5) is 25.8. The number of nitrogens with one attached hydrogen (secondary N) is 1. The Morgan fingerprint density at radius 2 is 2.10 bits per heavy atom. The van der Waals surface area contributed by atoms with Crippen LogP contribution in [0.15, 0.2) is 41.0 Å². The molecule has 1 N–H and O–H groups in total. The van der Waals surface area contributed by atoms with Gasteiger partial charge < -0.3 is 14.6 Å². The van der Waals surface area contributed by atoms with Crippen molar-refractivity contribution in [1.29, 1.82) is 0 Å². The van der Waals surface area contributed by atoms with Gasteiger partial charge in [-0.3, -0.25) is 9.59 Å². The number of hydrogen-bond acceptors (Lipinski definition) is 3. The number of nitrogens with zero attached hydrogens (tertiary/aromatic N) is 1. The van der Waals surface area contributed by atoms with E-state index in [1.54, 1.807) is 13.0 Å². The average Bonchev–Trinajstić information content (AvgIpc) is 2.77. The van der Waals surface area contributed by atoms with Crippen LogP contribution in [0.3, 0.4) is 0 Å². The molecule has 3 rings (SSSR count). The number of carbonyl (C=O) groups excluding carboxylic acids is 2. The van der Waals surface area contributed by atoms with Crippen LogP contribution in [0, 0.1) is 6.92 Å². The lowest BCUT2D eigenvalue weighted by Crippen LogP contribution is -2.35. The second-order valence-electron chi connectivity index (χ2n) is 4.81. The van der Waals surface area contributed by atoms with Crippen molar-refractivity contribution >= 4 is 17.5 Å². The first-order valence-corrected chi connectivity index (χ1v) is 6.35. The molecule has 0 atom stereocenters. The van der Waals surface area contributed by atoms with Gasteiger partial charge in [-0.15, -0.1) is 0 Å². The van der Waals surface area contributed by atoms with Crippen molar-refractivity contribution in [3.05, 3.63) is 53.5 Å². The maximum Gasteiger partial charge on any atom is 0.257 e. The van der Waals surface area contributed by atoms with E-state index in [1.807, 2.05) is 24.3 Å². The summed E-state index contributed by atoms with van der Waals surface area (Å²) < 4.78 is 5.16. The first kappa shape index (κ1) is 12.5. The molecule has 1 aromatic heterocycles. The van der Waals surface area contributed by atoms with Gasteiger partial charge in [0.05, 0.1) is 5.56 Å². The summed E-state index contributed by atoms with van der Waals surface area (Å²) in [6, 6.07) is 9.17. The first-order valence-electron chi connectivity index (χ1n) is 6.35. The molecule has 1 aliphatic heterocycles. The van der Waals surface area contributed by atoms with Gasteiger partial charge >= 0.3 is 0 Å². The van der Waals surface area contributed by atoms with E-state index in [1.165, 1.54) is 11.2 Å². The Bertz CT molecular complexity index is 675. The van der Waals surface area contributed by atoms with Crippen molar-refractivity contribution in [3.8, 4) is 0 Å². The second kappa shape index (κ2) is 4.85. The summed E-state index contributed by atoms with van der Waals surface area (Å²) in [7, 11) is 0. The zero-order chi connectivity index (χ0) is 14.1. The monoisotopic (exact) mass is 270 g/mol. The molecule has 102 valence electrons. The van der Waals surface area contributed by atoms with E-state index in [-0.39, 0.29) is 18.4 Å². The lowest BCUT2D eigenvalue weighted by Gasteiger charge is -2.18. The minimum Gasteiger partial charge on any atom is -0.469 e. The first-order chi connectivity index (χ1) is 9.63. The lowest BCUT2D eigenvalue weighted by atomic mass is 10.1. The van der Waals surface area contributed by atoms with Gasteiger partial charge in [-0.2, -0.15) is 0 Å². The Morgan fingerprint density at radius 3 is 2.85 bits per heavy atom. The van der Waals surface area contributed by atoms with Crippen molar-refractivity contribution in [2.24, 2.45) is 0 Å². The Hall–Kier alpha value is -2.56. The van der Waals surface area contributed by atoms with Crippen LogP contribution in [0.4, 0.5) is 5.69 Å². The number of fused-ring (bicyclic) bond motifs is 1. The number of hydrogen-bond donors (Lipinski definition) is 1. The number of furan rings is 1. The molecule has 0 spiro atoms. The number of aryl methyl sites for hydroxylation is 1. The van der Waals surface area contributed by atoms with Gasteiger partial charge in [0.2, 0.25) is 5.91 Å². The van der Waals surface area contributed by atoms with E-state index in [0.717, 1.165) is 11.3 Å². The fourth-order valence-corrected chi connectivity index (χ4v) is 2.29. The molecule has 20 heavy (non-hydrogen) atoms. The number of benzene rings is 1. The van der Waals surface area contributed by atoms with Crippen molar-refractivity contribution in [3.63, 3.8) is 0 Å². The quantitative estimate of drug-likeness (QED) is 0.864. The molecular formula is C15H14N2O3. The number of anilines is 1. The maximum absolute atomic E-state index is 12.4. The summed E-state index contributed by atoms with van der Waals surface area (Å²) >= 11 is 0. The van der Waals surface area contributed by atoms with Crippen LogP contribution >= 0.6 is 0 Å². The van der Waals surface area contributed by atoms with Crippen LogP contribution in [0.2, 0.25) is 0 Å². The smallest absolute Gasteiger partial charge is 0.257 e. The standard InChI is InChI=1S/C15H14N2O3/c1-10-6-12(9-20-10)15(19)17-7-11-4-2-3-5-13(11)16-14(18)8-17/h2-6,9H,7-8H2,1H3,(H,16,18).